The molecule has 0 saturated heterocycles. The number of carbonyl (C=O) groups is 2. The Morgan fingerprint density at radius 1 is 1.33 bits per heavy atom. The van der Waals surface area contributed by atoms with E-state index in [2.05, 4.69) is 4.98 Å². The number of aryl methyl sites for hydroxylation is 2. The van der Waals surface area contributed by atoms with Gasteiger partial charge in [0.25, 0.3) is 5.91 Å². The van der Waals surface area contributed by atoms with Gasteiger partial charge in [0.2, 0.25) is 5.76 Å². The monoisotopic (exact) mass is 289 g/mol. The van der Waals surface area contributed by atoms with Crippen LogP contribution >= 0.6 is 0 Å². The Bertz CT molecular complexity index is 721. The molecule has 0 aliphatic carbocycles. The molecule has 0 saturated carbocycles. The number of hydrogen-bond acceptors (Lipinski definition) is 5. The van der Waals surface area contributed by atoms with Gasteiger partial charge in [0.15, 0.2) is 5.89 Å². The highest BCUT2D eigenvalue weighted by Crippen LogP contribution is 2.24. The number of nitrogen functional groups attached to an aromatic ring is 1. The maximum atomic E-state index is 12.4. The zero-order chi connectivity index (χ0) is 15.7. The first kappa shape index (κ1) is 14.6. The van der Waals surface area contributed by atoms with Gasteiger partial charge in [-0.05, 0) is 25.1 Å². The van der Waals surface area contributed by atoms with Crippen LogP contribution in [0.3, 0.4) is 0 Å². The summed E-state index contributed by atoms with van der Waals surface area (Å²) in [5.74, 6) is -1.18. The van der Waals surface area contributed by atoms with Crippen molar-refractivity contribution in [3.05, 3.63) is 41.1 Å². The Morgan fingerprint density at radius 2 is 2.00 bits per heavy atom. The summed E-state index contributed by atoms with van der Waals surface area (Å²) in [6, 6.07) is 4.32. The number of carbonyl (C=O) groups excluding carboxylic acids is 1. The van der Waals surface area contributed by atoms with E-state index in [4.69, 9.17) is 10.2 Å². The second-order valence-electron chi connectivity index (χ2n) is 4.59. The Kier molecular flexibility index (Phi) is 3.66. The number of nitrogens with zero attached hydrogens (tertiary/aromatic N) is 2. The fourth-order valence-corrected chi connectivity index (χ4v) is 2.01. The minimum Gasteiger partial charge on any atom is -0.478 e. The number of benzene rings is 1. The lowest BCUT2D eigenvalue weighted by Crippen LogP contribution is -2.28. The summed E-state index contributed by atoms with van der Waals surface area (Å²) in [6.45, 7) is 3.29. The molecular weight excluding hydrogens is 274 g/mol. The number of carboxylic acid groups (broad SMARTS) is 1. The molecule has 110 valence electrons. The van der Waals surface area contributed by atoms with Crippen LogP contribution in [0.1, 0.15) is 32.5 Å². The number of aromatic carboxylic acids is 1. The fourth-order valence-electron chi connectivity index (χ4n) is 2.01. The highest BCUT2D eigenvalue weighted by atomic mass is 16.4. The van der Waals surface area contributed by atoms with Crippen LogP contribution in [-0.2, 0) is 0 Å². The quantitative estimate of drug-likeness (QED) is 0.834. The Labute approximate surface area is 121 Å². The number of oxazole rings is 1. The van der Waals surface area contributed by atoms with Gasteiger partial charge in [0.1, 0.15) is 0 Å². The Hall–Kier alpha value is -2.83. The lowest BCUT2D eigenvalue weighted by Gasteiger charge is -2.18. The molecule has 0 aliphatic rings. The average Bonchev–Trinajstić information content (AvgIpc) is 2.76. The van der Waals surface area contributed by atoms with Crippen molar-refractivity contribution >= 4 is 23.3 Å². The normalized spacial score (nSPS) is 10.4. The smallest absolute Gasteiger partial charge is 0.337 e. The average molecular weight is 289 g/mol. The molecule has 0 unspecified atom stereocenters. The second kappa shape index (κ2) is 5.28. The van der Waals surface area contributed by atoms with E-state index in [9.17, 15) is 14.7 Å². The first-order chi connectivity index (χ1) is 9.81. The molecule has 1 aromatic heterocycles. The molecule has 0 atom stereocenters. The SMILES string of the molecule is Cc1nc(C)c(C(=O)N(C)c2ccc(N)cc2C(=O)O)o1. The van der Waals surface area contributed by atoms with Crippen LogP contribution in [0.5, 0.6) is 0 Å². The van der Waals surface area contributed by atoms with Crippen molar-refractivity contribution in [2.45, 2.75) is 13.8 Å². The van der Waals surface area contributed by atoms with Crippen LogP contribution in [0.2, 0.25) is 0 Å². The van der Waals surface area contributed by atoms with Crippen LogP contribution in [0.4, 0.5) is 11.4 Å². The third-order valence-electron chi connectivity index (χ3n) is 3.01. The van der Waals surface area contributed by atoms with Gasteiger partial charge in [-0.1, -0.05) is 0 Å². The van der Waals surface area contributed by atoms with Gasteiger partial charge in [0, 0.05) is 19.7 Å². The topological polar surface area (TPSA) is 110 Å². The van der Waals surface area contributed by atoms with Crippen LogP contribution in [0.15, 0.2) is 22.6 Å². The van der Waals surface area contributed by atoms with E-state index in [0.29, 0.717) is 17.3 Å². The highest BCUT2D eigenvalue weighted by Gasteiger charge is 2.24. The lowest BCUT2D eigenvalue weighted by molar-refractivity contribution is 0.0697. The lowest BCUT2D eigenvalue weighted by atomic mass is 10.1. The third kappa shape index (κ3) is 2.71. The van der Waals surface area contributed by atoms with E-state index in [1.807, 2.05) is 0 Å². The van der Waals surface area contributed by atoms with Crippen molar-refractivity contribution in [3.8, 4) is 0 Å². The van der Waals surface area contributed by atoms with E-state index in [0.717, 1.165) is 0 Å². The summed E-state index contributed by atoms with van der Waals surface area (Å²) in [7, 11) is 1.47. The van der Waals surface area contributed by atoms with Gasteiger partial charge < -0.3 is 20.2 Å². The number of amides is 1. The molecule has 7 nitrogen and oxygen atoms in total. The number of anilines is 2. The molecule has 1 amide bonds. The number of carboxylic acids is 1. The van der Waals surface area contributed by atoms with Gasteiger partial charge >= 0.3 is 5.97 Å². The molecule has 7 heteroatoms. The molecule has 0 fully saturated rings. The molecule has 2 rings (SSSR count). The van der Waals surface area contributed by atoms with Gasteiger partial charge in [-0.3, -0.25) is 4.79 Å². The van der Waals surface area contributed by atoms with Crippen molar-refractivity contribution < 1.29 is 19.1 Å². The largest absolute Gasteiger partial charge is 0.478 e. The first-order valence-corrected chi connectivity index (χ1v) is 6.16. The molecule has 0 bridgehead atoms. The van der Waals surface area contributed by atoms with Gasteiger partial charge in [0.05, 0.1) is 16.9 Å². The molecule has 0 radical (unpaired) electrons. The van der Waals surface area contributed by atoms with Crippen molar-refractivity contribution in [2.24, 2.45) is 0 Å². The van der Waals surface area contributed by atoms with E-state index < -0.39 is 11.9 Å². The van der Waals surface area contributed by atoms with E-state index >= 15 is 0 Å². The summed E-state index contributed by atoms with van der Waals surface area (Å²) in [5, 5.41) is 9.22. The van der Waals surface area contributed by atoms with Crippen molar-refractivity contribution in [1.29, 1.82) is 0 Å². The minimum atomic E-state index is -1.16. The van der Waals surface area contributed by atoms with Crippen LogP contribution in [0.25, 0.3) is 0 Å². The summed E-state index contributed by atoms with van der Waals surface area (Å²) in [4.78, 5) is 28.9. The second-order valence-corrected chi connectivity index (χ2v) is 4.59. The number of nitrogens with two attached hydrogens (primary N) is 1. The summed E-state index contributed by atoms with van der Waals surface area (Å²) < 4.78 is 5.27. The Balaban J connectivity index is 2.45. The minimum absolute atomic E-state index is 0.0558. The maximum absolute atomic E-state index is 12.4. The molecule has 0 spiro atoms. The Morgan fingerprint density at radius 3 is 2.52 bits per heavy atom. The molecule has 21 heavy (non-hydrogen) atoms. The predicted molar refractivity (Wildman–Crippen MR) is 76.5 cm³/mol. The zero-order valence-electron chi connectivity index (χ0n) is 11.9. The van der Waals surface area contributed by atoms with Gasteiger partial charge in [-0.25, -0.2) is 9.78 Å². The van der Waals surface area contributed by atoms with E-state index in [-0.39, 0.29) is 17.0 Å². The van der Waals surface area contributed by atoms with Crippen molar-refractivity contribution in [3.63, 3.8) is 0 Å². The summed E-state index contributed by atoms with van der Waals surface area (Å²) in [6.07, 6.45) is 0. The standard InChI is InChI=1S/C14H15N3O4/c1-7-12(21-8(2)16-7)13(18)17(3)11-5-4-9(15)6-10(11)14(19)20/h4-6H,15H2,1-3H3,(H,19,20). The molecule has 1 aromatic carbocycles. The molecule has 2 aromatic rings. The highest BCUT2D eigenvalue weighted by molar-refractivity contribution is 6.08. The van der Waals surface area contributed by atoms with E-state index in [1.165, 1.54) is 30.1 Å². The number of rotatable bonds is 3. The van der Waals surface area contributed by atoms with Crippen LogP contribution in [0, 0.1) is 13.8 Å². The number of hydrogen-bond donors (Lipinski definition) is 2. The van der Waals surface area contributed by atoms with Gasteiger partial charge in [-0.15, -0.1) is 0 Å². The van der Waals surface area contributed by atoms with Crippen LogP contribution < -0.4 is 10.6 Å². The van der Waals surface area contributed by atoms with Crippen molar-refractivity contribution in [2.75, 3.05) is 17.7 Å². The fraction of sp³-hybridized carbons (Fsp3) is 0.214. The van der Waals surface area contributed by atoms with Crippen molar-refractivity contribution in [1.82, 2.24) is 4.98 Å². The molecule has 3 N–H and O–H groups in total. The molecule has 0 aliphatic heterocycles. The zero-order valence-corrected chi connectivity index (χ0v) is 11.9. The summed E-state index contributed by atoms with van der Waals surface area (Å²) >= 11 is 0. The molecular formula is C14H15N3O4. The maximum Gasteiger partial charge on any atom is 0.337 e. The van der Waals surface area contributed by atoms with Crippen LogP contribution in [-0.4, -0.2) is 29.0 Å². The predicted octanol–water partition coefficient (Wildman–Crippen LogP) is 1.85. The molecule has 1 heterocycles. The third-order valence-corrected chi connectivity index (χ3v) is 3.01. The van der Waals surface area contributed by atoms with Gasteiger partial charge in [-0.2, -0.15) is 0 Å². The summed E-state index contributed by atoms with van der Waals surface area (Å²) in [5.41, 5.74) is 6.52. The first-order valence-electron chi connectivity index (χ1n) is 6.16. The number of aromatic nitrogens is 1. The van der Waals surface area contributed by atoms with E-state index in [1.54, 1.807) is 13.8 Å².